The molecule has 0 heterocycles. The van der Waals surface area contributed by atoms with Gasteiger partial charge < -0.3 is 15.4 Å². The van der Waals surface area contributed by atoms with Crippen molar-refractivity contribution in [1.29, 1.82) is 0 Å². The van der Waals surface area contributed by atoms with E-state index in [0.29, 0.717) is 11.0 Å². The lowest BCUT2D eigenvalue weighted by molar-refractivity contribution is -0.153. The van der Waals surface area contributed by atoms with E-state index < -0.39 is 12.8 Å². The van der Waals surface area contributed by atoms with Crippen LogP contribution in [0, 0.1) is 12.3 Å². The Bertz CT molecular complexity index is 663. The molecule has 0 aromatic heterocycles. The number of hydrogen-bond donors (Lipinski definition) is 2. The molecule has 7 heteroatoms. The van der Waals surface area contributed by atoms with Crippen LogP contribution in [0.25, 0.3) is 0 Å². The molecule has 0 saturated heterocycles. The average molecular weight is 370 g/mol. The summed E-state index contributed by atoms with van der Waals surface area (Å²) in [6.45, 7) is 2.25. The van der Waals surface area contributed by atoms with Crippen LogP contribution in [-0.2, 0) is 0 Å². The van der Waals surface area contributed by atoms with Crippen LogP contribution >= 0.6 is 0 Å². The maximum absolute atomic E-state index is 12.3. The first kappa shape index (κ1) is 18.9. The Labute approximate surface area is 151 Å². The molecule has 1 aromatic rings. The second-order valence-corrected chi connectivity index (χ2v) is 7.78. The van der Waals surface area contributed by atoms with Crippen LogP contribution in [-0.4, -0.2) is 24.9 Å². The first-order chi connectivity index (χ1) is 12.1. The quantitative estimate of drug-likeness (QED) is 0.794. The number of rotatable bonds is 5. The Balaban J connectivity index is 1.52. The number of benzene rings is 1. The number of aryl methyl sites for hydroxylation is 1. The van der Waals surface area contributed by atoms with Crippen molar-refractivity contribution >= 4 is 6.03 Å². The minimum atomic E-state index is -4.38. The van der Waals surface area contributed by atoms with Crippen molar-refractivity contribution < 1.29 is 22.7 Å². The summed E-state index contributed by atoms with van der Waals surface area (Å²) in [7, 11) is 0. The molecule has 1 spiro atoms. The number of amides is 2. The Morgan fingerprint density at radius 3 is 2.58 bits per heavy atom. The summed E-state index contributed by atoms with van der Waals surface area (Å²) < 4.78 is 41.8. The van der Waals surface area contributed by atoms with Gasteiger partial charge in [-0.25, -0.2) is 4.79 Å². The van der Waals surface area contributed by atoms with Crippen LogP contribution in [0.2, 0.25) is 0 Å². The number of nitrogens with one attached hydrogen (secondary N) is 2. The zero-order valence-electron chi connectivity index (χ0n) is 15.1. The van der Waals surface area contributed by atoms with Crippen molar-refractivity contribution in [2.75, 3.05) is 6.61 Å². The van der Waals surface area contributed by atoms with Gasteiger partial charge in [0, 0.05) is 6.04 Å². The van der Waals surface area contributed by atoms with E-state index in [-0.39, 0.29) is 23.9 Å². The molecule has 4 nitrogen and oxygen atoms in total. The van der Waals surface area contributed by atoms with E-state index in [1.165, 1.54) is 25.3 Å². The number of carbonyl (C=O) groups is 1. The number of halogens is 3. The topological polar surface area (TPSA) is 50.4 Å². The molecule has 0 aliphatic heterocycles. The Kier molecular flexibility index (Phi) is 5.08. The highest BCUT2D eigenvalue weighted by molar-refractivity contribution is 5.75. The Hall–Kier alpha value is -1.92. The molecule has 0 radical (unpaired) electrons. The van der Waals surface area contributed by atoms with Crippen molar-refractivity contribution in [2.24, 2.45) is 5.41 Å². The van der Waals surface area contributed by atoms with Gasteiger partial charge in [-0.2, -0.15) is 13.2 Å². The third kappa shape index (κ3) is 4.62. The molecular weight excluding hydrogens is 345 g/mol. The van der Waals surface area contributed by atoms with E-state index in [4.69, 9.17) is 4.74 Å². The van der Waals surface area contributed by atoms with E-state index >= 15 is 0 Å². The second-order valence-electron chi connectivity index (χ2n) is 7.78. The van der Waals surface area contributed by atoms with Gasteiger partial charge in [0.2, 0.25) is 0 Å². The van der Waals surface area contributed by atoms with Crippen LogP contribution < -0.4 is 15.4 Å². The van der Waals surface area contributed by atoms with Crippen LogP contribution in [0.15, 0.2) is 18.2 Å². The minimum absolute atomic E-state index is 0.150. The molecule has 2 aliphatic rings. The first-order valence-corrected chi connectivity index (χ1v) is 9.02. The van der Waals surface area contributed by atoms with Gasteiger partial charge in [0.1, 0.15) is 5.75 Å². The fraction of sp³-hybridized carbons (Fsp3) is 0.632. The molecule has 1 atom stereocenters. The molecule has 3 rings (SSSR count). The minimum Gasteiger partial charge on any atom is -0.484 e. The first-order valence-electron chi connectivity index (χ1n) is 9.02. The molecule has 144 valence electrons. The van der Waals surface area contributed by atoms with Crippen LogP contribution in [0.1, 0.15) is 56.2 Å². The summed E-state index contributed by atoms with van der Waals surface area (Å²) in [5.74, 6) is 0.150. The monoisotopic (exact) mass is 370 g/mol. The largest absolute Gasteiger partial charge is 0.484 e. The lowest BCUT2D eigenvalue weighted by atomic mass is 9.54. The molecule has 2 N–H and O–H groups in total. The summed E-state index contributed by atoms with van der Waals surface area (Å²) in [6.07, 6.45) is 1.56. The molecule has 0 bridgehead atoms. The lowest BCUT2D eigenvalue weighted by Gasteiger charge is -2.54. The van der Waals surface area contributed by atoms with Gasteiger partial charge in [0.15, 0.2) is 6.61 Å². The fourth-order valence-corrected chi connectivity index (χ4v) is 3.95. The van der Waals surface area contributed by atoms with Crippen molar-refractivity contribution in [3.63, 3.8) is 0 Å². The standard InChI is InChI=1S/C19H25F3N2O2/c1-12-6-14(8-16(7-12)26-11-19(20,21)22)13(2)23-17(25)24-15-9-18(10-15)4-3-5-18/h6-8,13,15H,3-5,9-11H2,1-2H3,(H2,23,24,25). The normalized spacial score (nSPS) is 20.0. The van der Waals surface area contributed by atoms with Crippen LogP contribution in [0.4, 0.5) is 18.0 Å². The van der Waals surface area contributed by atoms with Gasteiger partial charge in [-0.15, -0.1) is 0 Å². The predicted molar refractivity (Wildman–Crippen MR) is 92.1 cm³/mol. The van der Waals surface area contributed by atoms with Gasteiger partial charge in [-0.3, -0.25) is 0 Å². The molecule has 2 fully saturated rings. The van der Waals surface area contributed by atoms with E-state index in [0.717, 1.165) is 18.4 Å². The number of urea groups is 1. The number of hydrogen-bond acceptors (Lipinski definition) is 2. The van der Waals surface area contributed by atoms with E-state index in [9.17, 15) is 18.0 Å². The van der Waals surface area contributed by atoms with Crippen molar-refractivity contribution in [3.05, 3.63) is 29.3 Å². The van der Waals surface area contributed by atoms with E-state index in [1.54, 1.807) is 19.9 Å². The van der Waals surface area contributed by atoms with Crippen molar-refractivity contribution in [1.82, 2.24) is 10.6 Å². The number of carbonyl (C=O) groups excluding carboxylic acids is 1. The Morgan fingerprint density at radius 1 is 1.31 bits per heavy atom. The highest BCUT2D eigenvalue weighted by Gasteiger charge is 2.48. The molecule has 2 saturated carbocycles. The summed E-state index contributed by atoms with van der Waals surface area (Å²) in [5, 5.41) is 5.84. The molecule has 2 aliphatic carbocycles. The van der Waals surface area contributed by atoms with E-state index in [2.05, 4.69) is 10.6 Å². The fourth-order valence-electron chi connectivity index (χ4n) is 3.95. The van der Waals surface area contributed by atoms with Crippen LogP contribution in [0.5, 0.6) is 5.75 Å². The van der Waals surface area contributed by atoms with Gasteiger partial charge in [0.05, 0.1) is 6.04 Å². The maximum Gasteiger partial charge on any atom is 0.422 e. The summed E-state index contributed by atoms with van der Waals surface area (Å²) in [5.41, 5.74) is 1.98. The van der Waals surface area contributed by atoms with Gasteiger partial charge in [-0.1, -0.05) is 12.5 Å². The third-order valence-corrected chi connectivity index (χ3v) is 5.43. The van der Waals surface area contributed by atoms with Gasteiger partial charge in [-0.05, 0) is 68.2 Å². The van der Waals surface area contributed by atoms with Crippen LogP contribution in [0.3, 0.4) is 0 Å². The van der Waals surface area contributed by atoms with Gasteiger partial charge in [0.25, 0.3) is 0 Å². The second kappa shape index (κ2) is 7.00. The SMILES string of the molecule is Cc1cc(OCC(F)(F)F)cc(C(C)NC(=O)NC2CC3(CCC3)C2)c1. The molecular formula is C19H25F3N2O2. The summed E-state index contributed by atoms with van der Waals surface area (Å²) in [4.78, 5) is 12.2. The zero-order valence-corrected chi connectivity index (χ0v) is 15.1. The third-order valence-electron chi connectivity index (χ3n) is 5.43. The zero-order chi connectivity index (χ0) is 18.9. The number of ether oxygens (including phenoxy) is 1. The van der Waals surface area contributed by atoms with Crippen molar-refractivity contribution in [3.8, 4) is 5.75 Å². The predicted octanol–water partition coefficient (Wildman–Crippen LogP) is 4.63. The average Bonchev–Trinajstić information content (AvgIpc) is 2.45. The lowest BCUT2D eigenvalue weighted by Crippen LogP contribution is -2.55. The maximum atomic E-state index is 12.3. The number of alkyl halides is 3. The molecule has 1 aromatic carbocycles. The smallest absolute Gasteiger partial charge is 0.422 e. The van der Waals surface area contributed by atoms with Gasteiger partial charge >= 0.3 is 12.2 Å². The highest BCUT2D eigenvalue weighted by Crippen LogP contribution is 2.55. The van der Waals surface area contributed by atoms with E-state index in [1.807, 2.05) is 6.07 Å². The highest BCUT2D eigenvalue weighted by atomic mass is 19.4. The Morgan fingerprint density at radius 2 is 2.00 bits per heavy atom. The molecule has 2 amide bonds. The molecule has 26 heavy (non-hydrogen) atoms. The summed E-state index contributed by atoms with van der Waals surface area (Å²) >= 11 is 0. The summed E-state index contributed by atoms with van der Waals surface area (Å²) in [6, 6.07) is 4.57. The molecule has 1 unspecified atom stereocenters. The van der Waals surface area contributed by atoms with Crippen molar-refractivity contribution in [2.45, 2.75) is 64.2 Å².